The number of amides is 3. The minimum absolute atomic E-state index is 0.0303. The lowest BCUT2D eigenvalue weighted by atomic mass is 9.93. The minimum atomic E-state index is -0.987. The van der Waals surface area contributed by atoms with E-state index in [0.29, 0.717) is 24.2 Å². The SMILES string of the molecule is C[C@@]1(CCc2ccccc2)NC(=O)N(/N=C\c2ccc(OCC#N)cc2)C1=O. The number of hydrazone groups is 1. The smallest absolute Gasteiger partial charge is 0.346 e. The normalized spacial score (nSPS) is 18.9. The van der Waals surface area contributed by atoms with Crippen LogP contribution < -0.4 is 10.1 Å². The molecule has 0 aliphatic carbocycles. The van der Waals surface area contributed by atoms with E-state index in [9.17, 15) is 9.59 Å². The maximum absolute atomic E-state index is 12.7. The Morgan fingerprint density at radius 1 is 1.18 bits per heavy atom. The molecule has 28 heavy (non-hydrogen) atoms. The Kier molecular flexibility index (Phi) is 5.70. The van der Waals surface area contributed by atoms with Gasteiger partial charge in [0.05, 0.1) is 6.21 Å². The van der Waals surface area contributed by atoms with Gasteiger partial charge in [0.25, 0.3) is 5.91 Å². The van der Waals surface area contributed by atoms with Crippen LogP contribution in [0.4, 0.5) is 4.79 Å². The van der Waals surface area contributed by atoms with Crippen molar-refractivity contribution in [2.45, 2.75) is 25.3 Å². The number of aryl methyl sites for hydroxylation is 1. The molecule has 1 fully saturated rings. The van der Waals surface area contributed by atoms with E-state index in [1.165, 1.54) is 6.21 Å². The standard InChI is InChI=1S/C21H20N4O3/c1-21(12-11-16-5-3-2-4-6-16)19(26)25(20(27)24-21)23-15-17-7-9-18(10-8-17)28-14-13-22/h2-10,15H,11-12,14H2,1H3,(H,24,27)/b23-15-/t21-/m0/s1. The zero-order chi connectivity index (χ0) is 20.0. The highest BCUT2D eigenvalue weighted by molar-refractivity contribution is 6.07. The van der Waals surface area contributed by atoms with Crippen molar-refractivity contribution >= 4 is 18.2 Å². The van der Waals surface area contributed by atoms with Gasteiger partial charge >= 0.3 is 6.03 Å². The van der Waals surface area contributed by atoms with Gasteiger partial charge in [-0.3, -0.25) is 4.79 Å². The number of hydrogen-bond acceptors (Lipinski definition) is 5. The summed E-state index contributed by atoms with van der Waals surface area (Å²) in [5, 5.41) is 16.2. The second-order valence-corrected chi connectivity index (χ2v) is 6.63. The summed E-state index contributed by atoms with van der Waals surface area (Å²) in [4.78, 5) is 25.0. The number of nitrogens with zero attached hydrogens (tertiary/aromatic N) is 3. The van der Waals surface area contributed by atoms with Crippen molar-refractivity contribution in [3.63, 3.8) is 0 Å². The van der Waals surface area contributed by atoms with E-state index in [1.54, 1.807) is 31.2 Å². The molecule has 2 aromatic carbocycles. The number of rotatable bonds is 7. The summed E-state index contributed by atoms with van der Waals surface area (Å²) < 4.78 is 5.18. The van der Waals surface area contributed by atoms with Crippen LogP contribution in [0.2, 0.25) is 0 Å². The van der Waals surface area contributed by atoms with E-state index in [-0.39, 0.29) is 12.5 Å². The third-order valence-corrected chi connectivity index (χ3v) is 4.50. The Morgan fingerprint density at radius 2 is 1.89 bits per heavy atom. The lowest BCUT2D eigenvalue weighted by Crippen LogP contribution is -2.44. The first-order chi connectivity index (χ1) is 13.5. The number of ether oxygens (including phenoxy) is 1. The average molecular weight is 376 g/mol. The molecular weight excluding hydrogens is 356 g/mol. The van der Waals surface area contributed by atoms with Gasteiger partial charge in [0.15, 0.2) is 6.61 Å². The molecule has 7 heteroatoms. The molecule has 1 aliphatic rings. The van der Waals surface area contributed by atoms with Crippen molar-refractivity contribution in [2.75, 3.05) is 6.61 Å². The number of carbonyl (C=O) groups excluding carboxylic acids is 2. The molecule has 7 nitrogen and oxygen atoms in total. The zero-order valence-electron chi connectivity index (χ0n) is 15.5. The fourth-order valence-electron chi connectivity index (χ4n) is 2.87. The molecule has 0 saturated carbocycles. The number of imide groups is 1. The Labute approximate surface area is 163 Å². The van der Waals surface area contributed by atoms with Crippen LogP contribution in [-0.4, -0.2) is 35.3 Å². The van der Waals surface area contributed by atoms with Crippen LogP contribution in [0.5, 0.6) is 5.75 Å². The highest BCUT2D eigenvalue weighted by Crippen LogP contribution is 2.23. The van der Waals surface area contributed by atoms with Crippen LogP contribution in [0, 0.1) is 11.3 Å². The molecule has 3 amide bonds. The van der Waals surface area contributed by atoms with Crippen molar-refractivity contribution in [1.82, 2.24) is 10.3 Å². The van der Waals surface area contributed by atoms with Crippen molar-refractivity contribution in [1.29, 1.82) is 5.26 Å². The van der Waals surface area contributed by atoms with E-state index < -0.39 is 11.6 Å². The summed E-state index contributed by atoms with van der Waals surface area (Å²) in [5.74, 6) is 0.181. The molecule has 2 aromatic rings. The number of nitrogens with one attached hydrogen (secondary N) is 1. The van der Waals surface area contributed by atoms with Gasteiger partial charge in [-0.15, -0.1) is 5.01 Å². The molecule has 0 unspecified atom stereocenters. The van der Waals surface area contributed by atoms with Crippen LogP contribution in [0.15, 0.2) is 59.7 Å². The predicted octanol–water partition coefficient (Wildman–Crippen LogP) is 2.87. The van der Waals surface area contributed by atoms with Crippen LogP contribution in [0.3, 0.4) is 0 Å². The van der Waals surface area contributed by atoms with E-state index in [4.69, 9.17) is 10.00 Å². The maximum Gasteiger partial charge on any atom is 0.346 e. The summed E-state index contributed by atoms with van der Waals surface area (Å²) in [6.07, 6.45) is 2.60. The lowest BCUT2D eigenvalue weighted by molar-refractivity contribution is -0.130. The van der Waals surface area contributed by atoms with Gasteiger partial charge in [-0.2, -0.15) is 10.4 Å². The molecule has 1 saturated heterocycles. The second-order valence-electron chi connectivity index (χ2n) is 6.63. The van der Waals surface area contributed by atoms with Crippen molar-refractivity contribution < 1.29 is 14.3 Å². The lowest BCUT2D eigenvalue weighted by Gasteiger charge is -2.20. The Bertz CT molecular complexity index is 919. The van der Waals surface area contributed by atoms with Gasteiger partial charge in [-0.1, -0.05) is 30.3 Å². The fourth-order valence-corrected chi connectivity index (χ4v) is 2.87. The molecule has 1 heterocycles. The zero-order valence-corrected chi connectivity index (χ0v) is 15.5. The van der Waals surface area contributed by atoms with Crippen LogP contribution >= 0.6 is 0 Å². The summed E-state index contributed by atoms with van der Waals surface area (Å²) in [6, 6.07) is 18.0. The Hall–Kier alpha value is -3.66. The summed E-state index contributed by atoms with van der Waals surface area (Å²) in [6.45, 7) is 1.68. The average Bonchev–Trinajstić information content (AvgIpc) is 2.93. The van der Waals surface area contributed by atoms with Gasteiger partial charge < -0.3 is 10.1 Å². The molecule has 0 radical (unpaired) electrons. The highest BCUT2D eigenvalue weighted by atomic mass is 16.5. The number of urea groups is 1. The quantitative estimate of drug-likeness (QED) is 0.594. The molecule has 1 N–H and O–H groups in total. The van der Waals surface area contributed by atoms with Gasteiger partial charge in [0.1, 0.15) is 17.4 Å². The van der Waals surface area contributed by atoms with Crippen LogP contribution in [0.1, 0.15) is 24.5 Å². The molecule has 0 bridgehead atoms. The van der Waals surface area contributed by atoms with Crippen molar-refractivity contribution in [3.05, 3.63) is 65.7 Å². The molecule has 3 rings (SSSR count). The van der Waals surface area contributed by atoms with E-state index in [0.717, 1.165) is 10.6 Å². The van der Waals surface area contributed by atoms with Gasteiger partial charge in [0, 0.05) is 0 Å². The summed E-state index contributed by atoms with van der Waals surface area (Å²) >= 11 is 0. The fraction of sp³-hybridized carbons (Fsp3) is 0.238. The topological polar surface area (TPSA) is 94.8 Å². The largest absolute Gasteiger partial charge is 0.479 e. The second kappa shape index (κ2) is 8.35. The number of carbonyl (C=O) groups is 2. The first kappa shape index (κ1) is 19.1. The van der Waals surface area contributed by atoms with E-state index >= 15 is 0 Å². The van der Waals surface area contributed by atoms with Gasteiger partial charge in [-0.05, 0) is 55.2 Å². The number of hydrogen-bond donors (Lipinski definition) is 1. The minimum Gasteiger partial charge on any atom is -0.479 e. The summed E-state index contributed by atoms with van der Waals surface area (Å²) in [5.41, 5.74) is 0.813. The Morgan fingerprint density at radius 3 is 2.57 bits per heavy atom. The van der Waals surface area contributed by atoms with E-state index in [2.05, 4.69) is 10.4 Å². The first-order valence-electron chi connectivity index (χ1n) is 8.86. The van der Waals surface area contributed by atoms with Crippen molar-refractivity contribution in [3.8, 4) is 11.8 Å². The maximum atomic E-state index is 12.7. The van der Waals surface area contributed by atoms with E-state index in [1.807, 2.05) is 36.4 Å². The van der Waals surface area contributed by atoms with Crippen molar-refractivity contribution in [2.24, 2.45) is 5.10 Å². The monoisotopic (exact) mass is 376 g/mol. The summed E-state index contributed by atoms with van der Waals surface area (Å²) in [7, 11) is 0. The molecular formula is C21H20N4O3. The molecule has 1 aliphatic heterocycles. The third kappa shape index (κ3) is 4.35. The predicted molar refractivity (Wildman–Crippen MR) is 104 cm³/mol. The van der Waals surface area contributed by atoms with Crippen LogP contribution in [-0.2, 0) is 11.2 Å². The van der Waals surface area contributed by atoms with Gasteiger partial charge in [-0.25, -0.2) is 4.79 Å². The Balaban J connectivity index is 1.64. The molecule has 0 aromatic heterocycles. The highest BCUT2D eigenvalue weighted by Gasteiger charge is 2.47. The molecule has 142 valence electrons. The molecule has 1 atom stereocenters. The van der Waals surface area contributed by atoms with Crippen LogP contribution in [0.25, 0.3) is 0 Å². The third-order valence-electron chi connectivity index (χ3n) is 4.50. The first-order valence-corrected chi connectivity index (χ1v) is 8.86. The molecule has 0 spiro atoms. The number of nitriles is 1. The van der Waals surface area contributed by atoms with Gasteiger partial charge in [0.2, 0.25) is 0 Å². The number of benzene rings is 2.